The molecule has 3 nitrogen and oxygen atoms in total. The van der Waals surface area contributed by atoms with Crippen LogP contribution in [0.2, 0.25) is 0 Å². The first-order chi connectivity index (χ1) is 8.20. The molecular weight excluding hydrogens is 296 g/mol. The molecule has 0 aliphatic heterocycles. The van der Waals surface area contributed by atoms with Crippen LogP contribution in [0.3, 0.4) is 0 Å². The minimum absolute atomic E-state index is 0.0692. The Morgan fingerprint density at radius 2 is 2.12 bits per heavy atom. The minimum Gasteiger partial charge on any atom is -0.434 e. The lowest BCUT2D eigenvalue weighted by molar-refractivity contribution is -0.0495. The molecule has 0 spiro atoms. The summed E-state index contributed by atoms with van der Waals surface area (Å²) in [6.07, 6.45) is 0. The number of halogens is 3. The van der Waals surface area contributed by atoms with Crippen molar-refractivity contribution in [3.8, 4) is 17.1 Å². The normalized spacial score (nSPS) is 10.8. The highest BCUT2D eigenvalue weighted by molar-refractivity contribution is 9.08. The maximum atomic E-state index is 12.2. The molecule has 2 aromatic rings. The van der Waals surface area contributed by atoms with Gasteiger partial charge >= 0.3 is 6.61 Å². The van der Waals surface area contributed by atoms with Crippen LogP contribution < -0.4 is 4.74 Å². The zero-order valence-electron chi connectivity index (χ0n) is 8.57. The van der Waals surface area contributed by atoms with Crippen molar-refractivity contribution in [2.75, 3.05) is 0 Å². The molecular formula is C11H8BrF2NO2. The molecule has 1 aromatic heterocycles. The molecule has 0 amide bonds. The van der Waals surface area contributed by atoms with Crippen LogP contribution in [0.15, 0.2) is 34.9 Å². The third kappa shape index (κ3) is 2.82. The standard InChI is InChI=1S/C11H8BrF2NO2/c12-6-7-5-10(17-15-7)8-3-1-2-4-9(8)16-11(13)14/h1-5,11H,6H2. The van der Waals surface area contributed by atoms with Gasteiger partial charge in [0.15, 0.2) is 5.76 Å². The van der Waals surface area contributed by atoms with Gasteiger partial charge in [-0.1, -0.05) is 33.2 Å². The lowest BCUT2D eigenvalue weighted by atomic mass is 10.1. The fraction of sp³-hybridized carbons (Fsp3) is 0.182. The Kier molecular flexibility index (Phi) is 3.73. The van der Waals surface area contributed by atoms with Crippen LogP contribution in [0.1, 0.15) is 5.69 Å². The maximum absolute atomic E-state index is 12.2. The van der Waals surface area contributed by atoms with E-state index in [1.807, 2.05) is 0 Å². The number of hydrogen-bond donors (Lipinski definition) is 0. The monoisotopic (exact) mass is 303 g/mol. The van der Waals surface area contributed by atoms with Crippen molar-refractivity contribution in [1.82, 2.24) is 5.16 Å². The molecule has 0 fully saturated rings. The lowest BCUT2D eigenvalue weighted by Crippen LogP contribution is -2.02. The van der Waals surface area contributed by atoms with Crippen LogP contribution in [0, 0.1) is 0 Å². The van der Waals surface area contributed by atoms with Crippen molar-refractivity contribution in [2.45, 2.75) is 11.9 Å². The Morgan fingerprint density at radius 3 is 2.76 bits per heavy atom. The maximum Gasteiger partial charge on any atom is 0.387 e. The fourth-order valence-corrected chi connectivity index (χ4v) is 1.63. The summed E-state index contributed by atoms with van der Waals surface area (Å²) in [7, 11) is 0. The zero-order valence-corrected chi connectivity index (χ0v) is 10.2. The summed E-state index contributed by atoms with van der Waals surface area (Å²) < 4.78 is 33.9. The van der Waals surface area contributed by atoms with Gasteiger partial charge in [0.25, 0.3) is 0 Å². The summed E-state index contributed by atoms with van der Waals surface area (Å²) in [6.45, 7) is -2.87. The van der Waals surface area contributed by atoms with E-state index < -0.39 is 6.61 Å². The SMILES string of the molecule is FC(F)Oc1ccccc1-c1cc(CBr)no1. The minimum atomic E-state index is -2.87. The first-order valence-corrected chi connectivity index (χ1v) is 5.88. The van der Waals surface area contributed by atoms with E-state index >= 15 is 0 Å². The Labute approximate surface area is 104 Å². The predicted molar refractivity (Wildman–Crippen MR) is 61.2 cm³/mol. The second-order valence-electron chi connectivity index (χ2n) is 3.19. The highest BCUT2D eigenvalue weighted by atomic mass is 79.9. The number of aromatic nitrogens is 1. The van der Waals surface area contributed by atoms with Crippen molar-refractivity contribution in [3.63, 3.8) is 0 Å². The van der Waals surface area contributed by atoms with Crippen molar-refractivity contribution < 1.29 is 18.0 Å². The molecule has 0 saturated carbocycles. The number of alkyl halides is 3. The van der Waals surface area contributed by atoms with Gasteiger partial charge in [-0.3, -0.25) is 0 Å². The van der Waals surface area contributed by atoms with E-state index in [1.165, 1.54) is 6.07 Å². The average Bonchev–Trinajstić information content (AvgIpc) is 2.77. The van der Waals surface area contributed by atoms with Crippen LogP contribution in [-0.2, 0) is 5.33 Å². The van der Waals surface area contributed by atoms with E-state index in [0.717, 1.165) is 0 Å². The molecule has 90 valence electrons. The van der Waals surface area contributed by atoms with Gasteiger partial charge in [0.1, 0.15) is 5.75 Å². The number of rotatable bonds is 4. The molecule has 17 heavy (non-hydrogen) atoms. The van der Waals surface area contributed by atoms with Crippen LogP contribution in [0.25, 0.3) is 11.3 Å². The molecule has 0 bridgehead atoms. The van der Waals surface area contributed by atoms with Crippen molar-refractivity contribution in [3.05, 3.63) is 36.0 Å². The van der Waals surface area contributed by atoms with Crippen LogP contribution in [-0.4, -0.2) is 11.8 Å². The molecule has 0 N–H and O–H groups in total. The van der Waals surface area contributed by atoms with E-state index in [0.29, 0.717) is 22.3 Å². The second-order valence-corrected chi connectivity index (χ2v) is 3.75. The van der Waals surface area contributed by atoms with Gasteiger partial charge in [-0.05, 0) is 12.1 Å². The molecule has 1 aromatic carbocycles. The van der Waals surface area contributed by atoms with Gasteiger partial charge < -0.3 is 9.26 Å². The van der Waals surface area contributed by atoms with Gasteiger partial charge in [-0.15, -0.1) is 0 Å². The fourth-order valence-electron chi connectivity index (χ4n) is 1.37. The molecule has 0 radical (unpaired) electrons. The number of para-hydroxylation sites is 1. The average molecular weight is 304 g/mol. The summed E-state index contributed by atoms with van der Waals surface area (Å²) in [5.74, 6) is 0.468. The number of ether oxygens (including phenoxy) is 1. The van der Waals surface area contributed by atoms with Gasteiger partial charge in [-0.25, -0.2) is 0 Å². The highest BCUT2D eigenvalue weighted by Gasteiger charge is 2.14. The van der Waals surface area contributed by atoms with Gasteiger partial charge in [0.05, 0.1) is 11.3 Å². The Balaban J connectivity index is 2.36. The number of nitrogens with zero attached hydrogens (tertiary/aromatic N) is 1. The molecule has 0 atom stereocenters. The first-order valence-electron chi connectivity index (χ1n) is 4.76. The molecule has 0 unspecified atom stereocenters. The Morgan fingerprint density at radius 1 is 1.35 bits per heavy atom. The van der Waals surface area contributed by atoms with Crippen molar-refractivity contribution in [1.29, 1.82) is 0 Å². The summed E-state index contributed by atoms with van der Waals surface area (Å²) >= 11 is 3.23. The van der Waals surface area contributed by atoms with E-state index in [9.17, 15) is 8.78 Å². The Hall–Kier alpha value is -1.43. The second kappa shape index (κ2) is 5.27. The number of benzene rings is 1. The molecule has 0 aliphatic rings. The summed E-state index contributed by atoms with van der Waals surface area (Å²) in [4.78, 5) is 0. The van der Waals surface area contributed by atoms with Gasteiger partial charge in [0.2, 0.25) is 0 Å². The molecule has 1 heterocycles. The summed E-state index contributed by atoms with van der Waals surface area (Å²) in [5, 5.41) is 4.30. The highest BCUT2D eigenvalue weighted by Crippen LogP contribution is 2.31. The number of hydrogen-bond acceptors (Lipinski definition) is 3. The van der Waals surface area contributed by atoms with E-state index in [1.54, 1.807) is 24.3 Å². The largest absolute Gasteiger partial charge is 0.434 e. The summed E-state index contributed by atoms with van der Waals surface area (Å²) in [6, 6.07) is 8.09. The third-order valence-electron chi connectivity index (χ3n) is 2.06. The first kappa shape index (κ1) is 12.0. The quantitative estimate of drug-likeness (QED) is 0.805. The summed E-state index contributed by atoms with van der Waals surface area (Å²) in [5.41, 5.74) is 1.14. The van der Waals surface area contributed by atoms with Crippen molar-refractivity contribution >= 4 is 15.9 Å². The molecule has 6 heteroatoms. The van der Waals surface area contributed by atoms with Crippen LogP contribution in [0.5, 0.6) is 5.75 Å². The topological polar surface area (TPSA) is 35.3 Å². The third-order valence-corrected chi connectivity index (χ3v) is 2.64. The van der Waals surface area contributed by atoms with E-state index in [2.05, 4.69) is 25.8 Å². The van der Waals surface area contributed by atoms with E-state index in [4.69, 9.17) is 4.52 Å². The lowest BCUT2D eigenvalue weighted by Gasteiger charge is -2.07. The van der Waals surface area contributed by atoms with Gasteiger partial charge in [0, 0.05) is 11.4 Å². The smallest absolute Gasteiger partial charge is 0.387 e. The molecule has 0 saturated heterocycles. The Bertz CT molecular complexity index is 502. The predicted octanol–water partition coefficient (Wildman–Crippen LogP) is 3.84. The van der Waals surface area contributed by atoms with Gasteiger partial charge in [-0.2, -0.15) is 8.78 Å². The van der Waals surface area contributed by atoms with E-state index in [-0.39, 0.29) is 5.75 Å². The van der Waals surface area contributed by atoms with Crippen LogP contribution in [0.4, 0.5) is 8.78 Å². The molecule has 2 rings (SSSR count). The zero-order chi connectivity index (χ0) is 12.3. The molecule has 0 aliphatic carbocycles. The van der Waals surface area contributed by atoms with Crippen molar-refractivity contribution in [2.24, 2.45) is 0 Å². The van der Waals surface area contributed by atoms with Crippen LogP contribution >= 0.6 is 15.9 Å².